The minimum Gasteiger partial charge on any atom is -0.507 e. The first kappa shape index (κ1) is 12.8. The summed E-state index contributed by atoms with van der Waals surface area (Å²) >= 11 is 0. The van der Waals surface area contributed by atoms with Crippen molar-refractivity contribution in [3.8, 4) is 5.75 Å². The smallest absolute Gasteiger partial charge is 0.195 e. The molecule has 1 aromatic carbocycles. The molecule has 2 rings (SSSR count). The van der Waals surface area contributed by atoms with Crippen LogP contribution in [0.25, 0.3) is 0 Å². The van der Waals surface area contributed by atoms with E-state index in [0.717, 1.165) is 19.3 Å². The summed E-state index contributed by atoms with van der Waals surface area (Å²) in [5.41, 5.74) is -0.692. The lowest BCUT2D eigenvalue weighted by molar-refractivity contribution is 0.0368. The SMILES string of the molecule is C=C(C(=O)c1ccccc1O)C1(O)CCCCC1. The molecule has 96 valence electrons. The predicted molar refractivity (Wildman–Crippen MR) is 69.6 cm³/mol. The molecule has 1 aliphatic carbocycles. The summed E-state index contributed by atoms with van der Waals surface area (Å²) in [6.07, 6.45) is 4.05. The summed E-state index contributed by atoms with van der Waals surface area (Å²) in [5.74, 6) is -0.430. The number of hydrogen-bond acceptors (Lipinski definition) is 3. The maximum atomic E-state index is 12.3. The number of phenols is 1. The Balaban J connectivity index is 2.24. The molecule has 0 atom stereocenters. The average Bonchev–Trinajstić information content (AvgIpc) is 2.38. The molecule has 3 nitrogen and oxygen atoms in total. The van der Waals surface area contributed by atoms with Crippen LogP contribution in [-0.2, 0) is 0 Å². The third kappa shape index (κ3) is 2.31. The summed E-state index contributed by atoms with van der Waals surface area (Å²) in [5, 5.41) is 20.1. The van der Waals surface area contributed by atoms with Crippen LogP contribution in [0.1, 0.15) is 42.5 Å². The van der Waals surface area contributed by atoms with Crippen LogP contribution in [0.4, 0.5) is 0 Å². The van der Waals surface area contributed by atoms with Gasteiger partial charge in [-0.25, -0.2) is 0 Å². The van der Waals surface area contributed by atoms with E-state index in [9.17, 15) is 15.0 Å². The zero-order chi connectivity index (χ0) is 13.2. The van der Waals surface area contributed by atoms with Crippen LogP contribution >= 0.6 is 0 Å². The highest BCUT2D eigenvalue weighted by Crippen LogP contribution is 2.35. The number of aliphatic hydroxyl groups is 1. The molecule has 0 aromatic heterocycles. The Kier molecular flexibility index (Phi) is 3.53. The van der Waals surface area contributed by atoms with Crippen molar-refractivity contribution in [2.45, 2.75) is 37.7 Å². The zero-order valence-corrected chi connectivity index (χ0v) is 10.4. The molecule has 0 unspecified atom stereocenters. The van der Waals surface area contributed by atoms with Crippen molar-refractivity contribution >= 4 is 5.78 Å². The van der Waals surface area contributed by atoms with Crippen molar-refractivity contribution in [1.29, 1.82) is 0 Å². The largest absolute Gasteiger partial charge is 0.507 e. The van der Waals surface area contributed by atoms with Gasteiger partial charge in [-0.15, -0.1) is 0 Å². The van der Waals surface area contributed by atoms with E-state index in [1.165, 1.54) is 6.07 Å². The van der Waals surface area contributed by atoms with E-state index in [0.29, 0.717) is 12.8 Å². The molecule has 0 aliphatic heterocycles. The number of para-hydroxylation sites is 1. The number of carbonyl (C=O) groups excluding carboxylic acids is 1. The highest BCUT2D eigenvalue weighted by atomic mass is 16.3. The van der Waals surface area contributed by atoms with E-state index in [1.807, 2.05) is 0 Å². The molecule has 0 bridgehead atoms. The Hall–Kier alpha value is -1.61. The average molecular weight is 246 g/mol. The van der Waals surface area contributed by atoms with Crippen molar-refractivity contribution in [3.63, 3.8) is 0 Å². The number of benzene rings is 1. The fraction of sp³-hybridized carbons (Fsp3) is 0.400. The standard InChI is InChI=1S/C15H18O3/c1-11(15(18)9-5-2-6-10-15)14(17)12-7-3-4-8-13(12)16/h3-4,7-8,16,18H,1-2,5-6,9-10H2. The molecule has 0 saturated heterocycles. The molecule has 0 amide bonds. The molecule has 3 heteroatoms. The second-order valence-electron chi connectivity index (χ2n) is 4.92. The van der Waals surface area contributed by atoms with Gasteiger partial charge in [-0.1, -0.05) is 38.0 Å². The number of aromatic hydroxyl groups is 1. The van der Waals surface area contributed by atoms with Crippen molar-refractivity contribution in [2.75, 3.05) is 0 Å². The quantitative estimate of drug-likeness (QED) is 0.637. The summed E-state index contributed by atoms with van der Waals surface area (Å²) in [7, 11) is 0. The Morgan fingerprint density at radius 1 is 1.17 bits per heavy atom. The van der Waals surface area contributed by atoms with E-state index in [4.69, 9.17) is 0 Å². The zero-order valence-electron chi connectivity index (χ0n) is 10.4. The van der Waals surface area contributed by atoms with Crippen LogP contribution < -0.4 is 0 Å². The van der Waals surface area contributed by atoms with Crippen LogP contribution in [0, 0.1) is 0 Å². The lowest BCUT2D eigenvalue weighted by Crippen LogP contribution is -2.36. The molecule has 1 saturated carbocycles. The maximum absolute atomic E-state index is 12.3. The van der Waals surface area contributed by atoms with Crippen molar-refractivity contribution in [2.24, 2.45) is 0 Å². The van der Waals surface area contributed by atoms with Gasteiger partial charge in [-0.3, -0.25) is 4.79 Å². The summed E-state index contributed by atoms with van der Waals surface area (Å²) < 4.78 is 0. The third-order valence-electron chi connectivity index (χ3n) is 3.67. The number of phenolic OH excluding ortho intramolecular Hbond substituents is 1. The third-order valence-corrected chi connectivity index (χ3v) is 3.67. The van der Waals surface area contributed by atoms with Crippen LogP contribution in [-0.4, -0.2) is 21.6 Å². The fourth-order valence-corrected chi connectivity index (χ4v) is 2.48. The Morgan fingerprint density at radius 2 is 1.78 bits per heavy atom. The number of Topliss-reactive ketones (excluding diaryl/α,β-unsaturated/α-hetero) is 1. The van der Waals surface area contributed by atoms with E-state index in [-0.39, 0.29) is 22.7 Å². The van der Waals surface area contributed by atoms with Gasteiger partial charge < -0.3 is 10.2 Å². The minimum atomic E-state index is -1.10. The highest BCUT2D eigenvalue weighted by Gasteiger charge is 2.36. The van der Waals surface area contributed by atoms with E-state index >= 15 is 0 Å². The van der Waals surface area contributed by atoms with Crippen LogP contribution in [0.15, 0.2) is 36.4 Å². The molecule has 18 heavy (non-hydrogen) atoms. The first-order valence-corrected chi connectivity index (χ1v) is 6.29. The van der Waals surface area contributed by atoms with E-state index < -0.39 is 5.60 Å². The number of hydrogen-bond donors (Lipinski definition) is 2. The van der Waals surface area contributed by atoms with Gasteiger partial charge in [0.05, 0.1) is 11.2 Å². The van der Waals surface area contributed by atoms with Crippen molar-refractivity contribution < 1.29 is 15.0 Å². The lowest BCUT2D eigenvalue weighted by atomic mass is 9.77. The van der Waals surface area contributed by atoms with Crippen LogP contribution in [0.2, 0.25) is 0 Å². The Bertz CT molecular complexity index is 470. The van der Waals surface area contributed by atoms with E-state index in [2.05, 4.69) is 6.58 Å². The predicted octanol–water partition coefficient (Wildman–Crippen LogP) is 2.83. The second kappa shape index (κ2) is 4.94. The number of rotatable bonds is 3. The molecule has 0 radical (unpaired) electrons. The first-order valence-electron chi connectivity index (χ1n) is 6.29. The molecule has 0 spiro atoms. The topological polar surface area (TPSA) is 57.5 Å². The van der Waals surface area contributed by atoms with Gasteiger partial charge in [0.2, 0.25) is 0 Å². The molecular weight excluding hydrogens is 228 g/mol. The molecule has 0 heterocycles. The summed E-state index contributed by atoms with van der Waals surface area (Å²) in [4.78, 5) is 12.3. The van der Waals surface area contributed by atoms with Gasteiger partial charge in [0.15, 0.2) is 5.78 Å². The highest BCUT2D eigenvalue weighted by molar-refractivity contribution is 6.11. The summed E-state index contributed by atoms with van der Waals surface area (Å²) in [6.45, 7) is 3.76. The van der Waals surface area contributed by atoms with Crippen LogP contribution in [0.3, 0.4) is 0 Å². The van der Waals surface area contributed by atoms with Gasteiger partial charge in [-0.05, 0) is 25.0 Å². The second-order valence-corrected chi connectivity index (χ2v) is 4.92. The summed E-state index contributed by atoms with van der Waals surface area (Å²) in [6, 6.07) is 6.36. The van der Waals surface area contributed by atoms with Crippen molar-refractivity contribution in [3.05, 3.63) is 42.0 Å². The fourth-order valence-electron chi connectivity index (χ4n) is 2.48. The number of carbonyl (C=O) groups is 1. The van der Waals surface area contributed by atoms with Gasteiger partial charge in [0.1, 0.15) is 5.75 Å². The minimum absolute atomic E-state index is 0.0666. The molecular formula is C15H18O3. The van der Waals surface area contributed by atoms with Crippen LogP contribution in [0.5, 0.6) is 5.75 Å². The van der Waals surface area contributed by atoms with Gasteiger partial charge in [-0.2, -0.15) is 0 Å². The monoisotopic (exact) mass is 246 g/mol. The van der Waals surface area contributed by atoms with Gasteiger partial charge in [0, 0.05) is 5.57 Å². The van der Waals surface area contributed by atoms with Gasteiger partial charge in [0.25, 0.3) is 0 Å². The molecule has 1 aromatic rings. The maximum Gasteiger partial charge on any atom is 0.195 e. The normalized spacial score (nSPS) is 18.3. The lowest BCUT2D eigenvalue weighted by Gasteiger charge is -2.33. The Morgan fingerprint density at radius 3 is 2.39 bits per heavy atom. The molecule has 1 aliphatic rings. The number of ketones is 1. The molecule has 1 fully saturated rings. The van der Waals surface area contributed by atoms with E-state index in [1.54, 1.807) is 18.2 Å². The molecule has 2 N–H and O–H groups in total. The first-order chi connectivity index (χ1) is 8.54. The van der Waals surface area contributed by atoms with Gasteiger partial charge >= 0.3 is 0 Å². The van der Waals surface area contributed by atoms with Crippen molar-refractivity contribution in [1.82, 2.24) is 0 Å². The Labute approximate surface area is 107 Å².